The van der Waals surface area contributed by atoms with Crippen molar-refractivity contribution in [2.45, 2.75) is 39.7 Å². The van der Waals surface area contributed by atoms with E-state index >= 15 is 0 Å². The van der Waals surface area contributed by atoms with Gasteiger partial charge in [0.1, 0.15) is 5.82 Å². The second-order valence-corrected chi connectivity index (χ2v) is 5.03. The van der Waals surface area contributed by atoms with Crippen molar-refractivity contribution < 1.29 is 4.39 Å². The zero-order valence-electron chi connectivity index (χ0n) is 11.2. The van der Waals surface area contributed by atoms with Gasteiger partial charge in [0.15, 0.2) is 0 Å². The van der Waals surface area contributed by atoms with E-state index in [2.05, 4.69) is 19.2 Å². The smallest absolute Gasteiger partial charge is 0.124 e. The number of nitrogens with zero attached hydrogens (tertiary/aromatic N) is 1. The molecule has 0 saturated heterocycles. The van der Waals surface area contributed by atoms with Crippen LogP contribution in [0.25, 0.3) is 0 Å². The molecule has 0 spiro atoms. The van der Waals surface area contributed by atoms with Gasteiger partial charge in [0.25, 0.3) is 0 Å². The van der Waals surface area contributed by atoms with E-state index in [0.29, 0.717) is 12.1 Å². The third-order valence-electron chi connectivity index (χ3n) is 2.80. The van der Waals surface area contributed by atoms with Crippen LogP contribution in [0.15, 0.2) is 18.2 Å². The van der Waals surface area contributed by atoms with Crippen molar-refractivity contribution in [1.29, 1.82) is 5.26 Å². The Morgan fingerprint density at radius 3 is 2.72 bits per heavy atom. The monoisotopic (exact) mass is 248 g/mol. The van der Waals surface area contributed by atoms with Crippen LogP contribution in [0.3, 0.4) is 0 Å². The molecule has 98 valence electrons. The summed E-state index contributed by atoms with van der Waals surface area (Å²) in [6.07, 6.45) is 3.61. The molecular weight excluding hydrogens is 227 g/mol. The normalized spacial score (nSPS) is 10.6. The van der Waals surface area contributed by atoms with Gasteiger partial charge in [-0.05, 0) is 42.6 Å². The molecule has 1 aromatic rings. The maximum atomic E-state index is 13.2. The molecule has 0 aliphatic carbocycles. The average Bonchev–Trinajstić information content (AvgIpc) is 2.32. The van der Waals surface area contributed by atoms with Gasteiger partial charge in [-0.15, -0.1) is 0 Å². The van der Waals surface area contributed by atoms with E-state index in [0.717, 1.165) is 24.4 Å². The Hall–Kier alpha value is -1.40. The van der Waals surface area contributed by atoms with E-state index < -0.39 is 0 Å². The van der Waals surface area contributed by atoms with Crippen molar-refractivity contribution in [2.24, 2.45) is 5.92 Å². The minimum Gasteiger partial charge on any atom is -0.313 e. The summed E-state index contributed by atoms with van der Waals surface area (Å²) in [5.41, 5.74) is 1.21. The summed E-state index contributed by atoms with van der Waals surface area (Å²) < 4.78 is 13.2. The van der Waals surface area contributed by atoms with Crippen LogP contribution in [-0.4, -0.2) is 6.54 Å². The first kappa shape index (κ1) is 14.7. The summed E-state index contributed by atoms with van der Waals surface area (Å²) in [7, 11) is 0. The number of hydrogen-bond acceptors (Lipinski definition) is 2. The summed E-state index contributed by atoms with van der Waals surface area (Å²) in [5, 5.41) is 12.0. The number of hydrogen-bond donors (Lipinski definition) is 1. The van der Waals surface area contributed by atoms with Gasteiger partial charge in [0.2, 0.25) is 0 Å². The molecule has 0 aromatic heterocycles. The molecule has 0 radical (unpaired) electrons. The van der Waals surface area contributed by atoms with Gasteiger partial charge in [-0.2, -0.15) is 5.26 Å². The van der Waals surface area contributed by atoms with Crippen LogP contribution in [0.2, 0.25) is 0 Å². The molecular formula is C15H21FN2. The summed E-state index contributed by atoms with van der Waals surface area (Å²) in [6.45, 7) is 6.01. The molecule has 1 aromatic carbocycles. The van der Waals surface area contributed by atoms with Crippen molar-refractivity contribution in [3.63, 3.8) is 0 Å². The Kier molecular flexibility index (Phi) is 6.38. The van der Waals surface area contributed by atoms with Crippen molar-refractivity contribution in [3.8, 4) is 6.07 Å². The maximum Gasteiger partial charge on any atom is 0.124 e. The number of rotatable bonds is 7. The second-order valence-electron chi connectivity index (χ2n) is 5.03. The Morgan fingerprint density at radius 1 is 1.28 bits per heavy atom. The lowest BCUT2D eigenvalue weighted by Gasteiger charge is -2.07. The zero-order chi connectivity index (χ0) is 13.4. The van der Waals surface area contributed by atoms with Gasteiger partial charge >= 0.3 is 0 Å². The number of unbranched alkanes of at least 4 members (excludes halogenated alkanes) is 1. The minimum atomic E-state index is -0.342. The van der Waals surface area contributed by atoms with Crippen molar-refractivity contribution in [3.05, 3.63) is 35.1 Å². The minimum absolute atomic E-state index is 0.342. The molecule has 0 amide bonds. The number of nitrogens with one attached hydrogen (secondary N) is 1. The maximum absolute atomic E-state index is 13.2. The molecule has 18 heavy (non-hydrogen) atoms. The molecule has 0 heterocycles. The van der Waals surface area contributed by atoms with E-state index in [1.807, 2.05) is 6.07 Å². The quantitative estimate of drug-likeness (QED) is 0.748. The Labute approximate surface area is 109 Å². The zero-order valence-corrected chi connectivity index (χ0v) is 11.2. The number of halogens is 1. The van der Waals surface area contributed by atoms with Crippen molar-refractivity contribution in [1.82, 2.24) is 5.32 Å². The molecule has 1 N–H and O–H groups in total. The first-order valence-corrected chi connectivity index (χ1v) is 6.52. The van der Waals surface area contributed by atoms with Crippen LogP contribution in [0, 0.1) is 23.1 Å². The molecule has 0 unspecified atom stereocenters. The number of nitriles is 1. The molecule has 0 atom stereocenters. The molecule has 0 aliphatic rings. The lowest BCUT2D eigenvalue weighted by molar-refractivity contribution is 0.520. The SMILES string of the molecule is CC(C)CCCCNCc1cc(F)cc(C#N)c1. The Morgan fingerprint density at radius 2 is 2.06 bits per heavy atom. The van der Waals surface area contributed by atoms with Gasteiger partial charge < -0.3 is 5.32 Å². The van der Waals surface area contributed by atoms with Crippen LogP contribution in [-0.2, 0) is 6.54 Å². The highest BCUT2D eigenvalue weighted by molar-refractivity contribution is 5.33. The average molecular weight is 248 g/mol. The van der Waals surface area contributed by atoms with Gasteiger partial charge in [0.05, 0.1) is 11.6 Å². The Bertz CT molecular complexity index is 407. The van der Waals surface area contributed by atoms with Gasteiger partial charge in [-0.25, -0.2) is 4.39 Å². The highest BCUT2D eigenvalue weighted by atomic mass is 19.1. The number of benzene rings is 1. The third-order valence-corrected chi connectivity index (χ3v) is 2.80. The fourth-order valence-electron chi connectivity index (χ4n) is 1.85. The van der Waals surface area contributed by atoms with E-state index in [4.69, 9.17) is 5.26 Å². The van der Waals surface area contributed by atoms with E-state index in [1.165, 1.54) is 25.0 Å². The van der Waals surface area contributed by atoms with Crippen LogP contribution in [0.4, 0.5) is 4.39 Å². The summed E-state index contributed by atoms with van der Waals surface area (Å²) in [4.78, 5) is 0. The lowest BCUT2D eigenvalue weighted by atomic mass is 10.1. The topological polar surface area (TPSA) is 35.8 Å². The van der Waals surface area contributed by atoms with Gasteiger partial charge in [-0.3, -0.25) is 0 Å². The van der Waals surface area contributed by atoms with Gasteiger partial charge in [0, 0.05) is 6.54 Å². The predicted molar refractivity (Wildman–Crippen MR) is 71.5 cm³/mol. The molecule has 1 rings (SSSR count). The third kappa shape index (κ3) is 5.79. The molecule has 0 fully saturated rings. The molecule has 0 bridgehead atoms. The Balaban J connectivity index is 2.27. The van der Waals surface area contributed by atoms with Crippen LogP contribution in [0.1, 0.15) is 44.2 Å². The standard InChI is InChI=1S/C15H21FN2/c1-12(2)5-3-4-6-18-11-14-7-13(10-17)8-15(16)9-14/h7-9,12,18H,3-6,11H2,1-2H3. The summed E-state index contributed by atoms with van der Waals surface area (Å²) in [5.74, 6) is 0.414. The lowest BCUT2D eigenvalue weighted by Crippen LogP contribution is -2.15. The predicted octanol–water partition coefficient (Wildman–Crippen LogP) is 3.61. The summed E-state index contributed by atoms with van der Waals surface area (Å²) >= 11 is 0. The van der Waals surface area contributed by atoms with E-state index in [1.54, 1.807) is 6.07 Å². The fourth-order valence-corrected chi connectivity index (χ4v) is 1.85. The largest absolute Gasteiger partial charge is 0.313 e. The first-order valence-electron chi connectivity index (χ1n) is 6.52. The highest BCUT2D eigenvalue weighted by Crippen LogP contribution is 2.09. The molecule has 3 heteroatoms. The summed E-state index contributed by atoms with van der Waals surface area (Å²) in [6, 6.07) is 6.42. The second kappa shape index (κ2) is 7.84. The fraction of sp³-hybridized carbons (Fsp3) is 0.533. The van der Waals surface area contributed by atoms with Crippen LogP contribution in [0.5, 0.6) is 0 Å². The van der Waals surface area contributed by atoms with Crippen LogP contribution >= 0.6 is 0 Å². The van der Waals surface area contributed by atoms with E-state index in [9.17, 15) is 4.39 Å². The molecule has 2 nitrogen and oxygen atoms in total. The molecule has 0 aliphatic heterocycles. The van der Waals surface area contributed by atoms with Gasteiger partial charge in [-0.1, -0.05) is 26.7 Å². The first-order chi connectivity index (χ1) is 8.61. The highest BCUT2D eigenvalue weighted by Gasteiger charge is 2.00. The van der Waals surface area contributed by atoms with Crippen molar-refractivity contribution in [2.75, 3.05) is 6.54 Å². The van der Waals surface area contributed by atoms with Crippen molar-refractivity contribution >= 4 is 0 Å². The van der Waals surface area contributed by atoms with Crippen LogP contribution < -0.4 is 5.32 Å². The molecule has 0 saturated carbocycles. The van der Waals surface area contributed by atoms with E-state index in [-0.39, 0.29) is 5.82 Å².